The van der Waals surface area contributed by atoms with Gasteiger partial charge in [0.2, 0.25) is 0 Å². The molecule has 0 saturated heterocycles. The largest absolute Gasteiger partial charge is 0.495 e. The van der Waals surface area contributed by atoms with Crippen molar-refractivity contribution in [3.05, 3.63) is 59.4 Å². The molecule has 2 aromatic rings. The molecule has 1 aliphatic carbocycles. The average molecular weight is 253 g/mol. The summed E-state index contributed by atoms with van der Waals surface area (Å²) in [7, 11) is 1.50. The molecule has 0 saturated carbocycles. The minimum absolute atomic E-state index is 0.211. The maximum absolute atomic E-state index is 12.4. The van der Waals surface area contributed by atoms with Crippen LogP contribution in [-0.2, 0) is 0 Å². The van der Waals surface area contributed by atoms with E-state index in [0.717, 1.165) is 0 Å². The van der Waals surface area contributed by atoms with Gasteiger partial charge in [-0.1, -0.05) is 24.3 Å². The summed E-state index contributed by atoms with van der Waals surface area (Å²) in [5, 5.41) is 0. The zero-order valence-corrected chi connectivity index (χ0v) is 10.3. The van der Waals surface area contributed by atoms with Gasteiger partial charge >= 0.3 is 0 Å². The van der Waals surface area contributed by atoms with Crippen LogP contribution in [-0.4, -0.2) is 23.7 Å². The lowest BCUT2D eigenvalue weighted by Crippen LogP contribution is -2.15. The summed E-state index contributed by atoms with van der Waals surface area (Å²) < 4.78 is 5.19. The van der Waals surface area contributed by atoms with Crippen LogP contribution in [0.2, 0.25) is 0 Å². The van der Waals surface area contributed by atoms with Crippen molar-refractivity contribution in [2.24, 2.45) is 0 Å². The topological polar surface area (TPSA) is 56.3 Å². The highest BCUT2D eigenvalue weighted by Crippen LogP contribution is 2.36. The first-order valence-corrected chi connectivity index (χ1v) is 5.90. The number of ether oxygens (including phenoxy) is 1. The molecule has 94 valence electrons. The molecule has 0 bridgehead atoms. The van der Waals surface area contributed by atoms with Crippen LogP contribution in [0.4, 0.5) is 0 Å². The van der Waals surface area contributed by atoms with E-state index >= 15 is 0 Å². The molecule has 4 heteroatoms. The number of pyridine rings is 1. The molecule has 19 heavy (non-hydrogen) atoms. The number of fused-ring (bicyclic) bond motifs is 1. The van der Waals surface area contributed by atoms with Gasteiger partial charge in [0.1, 0.15) is 17.4 Å². The van der Waals surface area contributed by atoms with Gasteiger partial charge in [-0.2, -0.15) is 0 Å². The molecule has 0 atom stereocenters. The van der Waals surface area contributed by atoms with Crippen molar-refractivity contribution in [2.45, 2.75) is 5.92 Å². The lowest BCUT2D eigenvalue weighted by Gasteiger charge is -2.10. The Balaban J connectivity index is 2.14. The standard InChI is InChI=1S/C15H11NO3/c1-19-11-7-4-8-16-13(11)12-14(17)9-5-2-3-6-10(9)15(12)18/h2-8,12H,1H3. The van der Waals surface area contributed by atoms with Gasteiger partial charge in [0, 0.05) is 17.3 Å². The Hall–Kier alpha value is -2.49. The number of aromatic nitrogens is 1. The summed E-state index contributed by atoms with van der Waals surface area (Å²) in [5.74, 6) is -0.842. The highest BCUT2D eigenvalue weighted by Gasteiger charge is 2.41. The minimum atomic E-state index is -0.881. The van der Waals surface area contributed by atoms with Crippen LogP contribution in [0.1, 0.15) is 32.3 Å². The minimum Gasteiger partial charge on any atom is -0.495 e. The Labute approximate surface area is 110 Å². The van der Waals surface area contributed by atoms with Gasteiger partial charge in [0.25, 0.3) is 0 Å². The van der Waals surface area contributed by atoms with Crippen LogP contribution in [0.15, 0.2) is 42.6 Å². The van der Waals surface area contributed by atoms with Gasteiger partial charge in [-0.3, -0.25) is 14.6 Å². The van der Waals surface area contributed by atoms with E-state index in [2.05, 4.69) is 4.98 Å². The maximum Gasteiger partial charge on any atom is 0.180 e. The van der Waals surface area contributed by atoms with Crippen LogP contribution in [0.5, 0.6) is 5.75 Å². The molecule has 1 aromatic heterocycles. The third-order valence-electron chi connectivity index (χ3n) is 3.28. The second-order valence-corrected chi connectivity index (χ2v) is 4.30. The summed E-state index contributed by atoms with van der Waals surface area (Å²) in [6.45, 7) is 0. The summed E-state index contributed by atoms with van der Waals surface area (Å²) in [6, 6.07) is 10.3. The van der Waals surface area contributed by atoms with Crippen molar-refractivity contribution in [2.75, 3.05) is 7.11 Å². The highest BCUT2D eigenvalue weighted by atomic mass is 16.5. The van der Waals surface area contributed by atoms with E-state index in [1.807, 2.05) is 0 Å². The van der Waals surface area contributed by atoms with Crippen molar-refractivity contribution in [1.82, 2.24) is 4.98 Å². The third kappa shape index (κ3) is 1.64. The molecule has 0 spiro atoms. The van der Waals surface area contributed by atoms with Gasteiger partial charge in [-0.15, -0.1) is 0 Å². The van der Waals surface area contributed by atoms with E-state index in [-0.39, 0.29) is 11.6 Å². The Kier molecular flexibility index (Phi) is 2.63. The van der Waals surface area contributed by atoms with Crippen molar-refractivity contribution < 1.29 is 14.3 Å². The van der Waals surface area contributed by atoms with E-state index in [1.165, 1.54) is 7.11 Å². The number of carbonyl (C=O) groups excluding carboxylic acids is 2. The zero-order valence-electron chi connectivity index (χ0n) is 10.3. The first kappa shape index (κ1) is 11.6. The second kappa shape index (κ2) is 4.31. The first-order valence-electron chi connectivity index (χ1n) is 5.90. The number of benzene rings is 1. The number of Topliss-reactive ketones (excluding diaryl/α,β-unsaturated/α-hetero) is 2. The molecule has 0 radical (unpaired) electrons. The highest BCUT2D eigenvalue weighted by molar-refractivity contribution is 6.29. The quantitative estimate of drug-likeness (QED) is 0.770. The van der Waals surface area contributed by atoms with Crippen molar-refractivity contribution in [1.29, 1.82) is 0 Å². The normalized spacial score (nSPS) is 14.6. The molecule has 0 aliphatic heterocycles. The monoisotopic (exact) mass is 253 g/mol. The summed E-state index contributed by atoms with van der Waals surface area (Å²) in [5.41, 5.74) is 1.31. The fourth-order valence-corrected chi connectivity index (χ4v) is 2.38. The Morgan fingerprint density at radius 3 is 2.21 bits per heavy atom. The molecule has 1 aliphatic rings. The molecular formula is C15H11NO3. The predicted octanol–water partition coefficient (Wildman–Crippen LogP) is 2.25. The number of carbonyl (C=O) groups is 2. The molecule has 0 unspecified atom stereocenters. The lowest BCUT2D eigenvalue weighted by atomic mass is 9.98. The third-order valence-corrected chi connectivity index (χ3v) is 3.28. The molecule has 0 fully saturated rings. The number of nitrogens with zero attached hydrogens (tertiary/aromatic N) is 1. The van der Waals surface area contributed by atoms with E-state index in [4.69, 9.17) is 4.74 Å². The van der Waals surface area contributed by atoms with Gasteiger partial charge in [0.15, 0.2) is 11.6 Å². The zero-order chi connectivity index (χ0) is 13.4. The van der Waals surface area contributed by atoms with Gasteiger partial charge in [0.05, 0.1) is 7.11 Å². The number of hydrogen-bond acceptors (Lipinski definition) is 4. The van der Waals surface area contributed by atoms with Crippen molar-refractivity contribution in [3.63, 3.8) is 0 Å². The van der Waals surface area contributed by atoms with Gasteiger partial charge in [-0.05, 0) is 12.1 Å². The lowest BCUT2D eigenvalue weighted by molar-refractivity contribution is 0.0886. The number of methoxy groups -OCH3 is 1. The first-order chi connectivity index (χ1) is 9.24. The van der Waals surface area contributed by atoms with Crippen molar-refractivity contribution in [3.8, 4) is 5.75 Å². The molecule has 3 rings (SSSR count). The average Bonchev–Trinajstić information content (AvgIpc) is 2.71. The van der Waals surface area contributed by atoms with Crippen LogP contribution in [0.3, 0.4) is 0 Å². The molecule has 0 amide bonds. The second-order valence-electron chi connectivity index (χ2n) is 4.30. The Bertz CT molecular complexity index is 644. The van der Waals surface area contributed by atoms with Gasteiger partial charge in [-0.25, -0.2) is 0 Å². The molecule has 1 heterocycles. The smallest absolute Gasteiger partial charge is 0.180 e. The SMILES string of the molecule is COc1cccnc1C1C(=O)c2ccccc2C1=O. The number of hydrogen-bond donors (Lipinski definition) is 0. The van der Waals surface area contributed by atoms with Crippen LogP contribution < -0.4 is 4.74 Å². The number of rotatable bonds is 2. The van der Waals surface area contributed by atoms with E-state index < -0.39 is 5.92 Å². The molecule has 0 N–H and O–H groups in total. The fraction of sp³-hybridized carbons (Fsp3) is 0.133. The summed E-state index contributed by atoms with van der Waals surface area (Å²) in [4.78, 5) is 28.9. The maximum atomic E-state index is 12.4. The Morgan fingerprint density at radius 2 is 1.63 bits per heavy atom. The molecule has 1 aromatic carbocycles. The van der Waals surface area contributed by atoms with E-state index in [0.29, 0.717) is 22.6 Å². The Morgan fingerprint density at radius 1 is 1.00 bits per heavy atom. The summed E-state index contributed by atoms with van der Waals surface area (Å²) in [6.07, 6.45) is 1.56. The van der Waals surface area contributed by atoms with E-state index in [9.17, 15) is 9.59 Å². The fourth-order valence-electron chi connectivity index (χ4n) is 2.38. The summed E-state index contributed by atoms with van der Waals surface area (Å²) >= 11 is 0. The van der Waals surface area contributed by atoms with Gasteiger partial charge < -0.3 is 4.74 Å². The molecular weight excluding hydrogens is 242 g/mol. The molecule has 4 nitrogen and oxygen atoms in total. The predicted molar refractivity (Wildman–Crippen MR) is 68.6 cm³/mol. The van der Waals surface area contributed by atoms with Crippen molar-refractivity contribution >= 4 is 11.6 Å². The van der Waals surface area contributed by atoms with Crippen LogP contribution >= 0.6 is 0 Å². The number of ketones is 2. The van der Waals surface area contributed by atoms with E-state index in [1.54, 1.807) is 42.6 Å². The van der Waals surface area contributed by atoms with Crippen LogP contribution in [0.25, 0.3) is 0 Å². The van der Waals surface area contributed by atoms with Crippen LogP contribution in [0, 0.1) is 0 Å².